The molecule has 0 amide bonds. The fraction of sp³-hybridized carbons (Fsp3) is 0.200. The Morgan fingerprint density at radius 3 is 1.21 bits per heavy atom. The van der Waals surface area contributed by atoms with Gasteiger partial charge in [0, 0.05) is 50.3 Å². The standard InChI is InChI=1S/C50H48N14O22S4/c65-41-37-25(21-35(89(79,80)81)39(41)63-61-31-11-3-1-9-29(31)43(67)68)19-27(87(73,74)75)23-33(37)53-47-55-45(57-49(71)59-47)51-13-7-17-85-15-5-6-16-86-18-8-14-52-46-56-48(60-50(72)58-46)54-34-24-28(88(76,77)78)20-26-22-36(90(82,83)84)40(42(66)38(26)34)64-62-32-12-4-2-10-30(32)44(69)70/h1-4,9-12,19-24,65-66H,5-8,13-18H2,(H,67,68)(H,69,70)(H,73,74,75)(H,76,77,78)(H,79,80,81)(H,82,83,84)(H3,51,53,55,57,59,71)(H3,52,54,56,58,60,72). The van der Waals surface area contributed by atoms with Gasteiger partial charge in [0.05, 0.1) is 32.3 Å². The van der Waals surface area contributed by atoms with Crippen molar-refractivity contribution in [3.63, 3.8) is 0 Å². The molecule has 8 rings (SSSR count). The average Bonchev–Trinajstić information content (AvgIpc) is 0.761. The molecule has 0 bridgehead atoms. The second-order valence-electron chi connectivity index (χ2n) is 18.6. The van der Waals surface area contributed by atoms with Crippen LogP contribution in [0.4, 0.5) is 57.9 Å². The lowest BCUT2D eigenvalue weighted by Gasteiger charge is -2.15. The molecule has 2 aromatic heterocycles. The van der Waals surface area contributed by atoms with Crippen LogP contribution in [0.25, 0.3) is 21.5 Å². The maximum Gasteiger partial charge on any atom is 0.351 e. The number of aromatic hydroxyl groups is 2. The zero-order chi connectivity index (χ0) is 65.3. The van der Waals surface area contributed by atoms with Crippen LogP contribution in [0.2, 0.25) is 0 Å². The van der Waals surface area contributed by atoms with Crippen molar-refractivity contribution in [3.05, 3.63) is 117 Å². The monoisotopic (exact) mass is 1320 g/mol. The van der Waals surface area contributed by atoms with Gasteiger partial charge in [0.1, 0.15) is 32.5 Å². The van der Waals surface area contributed by atoms with Gasteiger partial charge >= 0.3 is 23.3 Å². The SMILES string of the molecule is O=C(O)c1ccccc1N=Nc1c(S(=O)(=O)O)cc2cc(S(=O)(=O)O)cc(Nc3nc(NCCCOCCCCOCCCNc4nc(Nc5cc(S(=O)(=O)O)cc6cc(S(=O)(=O)O)c(N=Nc7ccccc7C(=O)O)c(O)c56)[nH]c(=O)n4)nc(=O)[nH]3)c2c1O. The summed E-state index contributed by atoms with van der Waals surface area (Å²) >= 11 is 0. The van der Waals surface area contributed by atoms with E-state index in [1.54, 1.807) is 0 Å². The highest BCUT2D eigenvalue weighted by Gasteiger charge is 2.28. The van der Waals surface area contributed by atoms with Crippen molar-refractivity contribution in [2.45, 2.75) is 45.3 Å². The van der Waals surface area contributed by atoms with Crippen molar-refractivity contribution in [1.82, 2.24) is 29.9 Å². The van der Waals surface area contributed by atoms with Gasteiger partial charge in [-0.05, 0) is 97.1 Å². The number of anilines is 6. The van der Waals surface area contributed by atoms with Crippen molar-refractivity contribution in [2.75, 3.05) is 60.8 Å². The number of aromatic amines is 2. The van der Waals surface area contributed by atoms with E-state index >= 15 is 0 Å². The van der Waals surface area contributed by atoms with Crippen molar-refractivity contribution >= 4 is 132 Å². The van der Waals surface area contributed by atoms with Crippen molar-refractivity contribution in [2.24, 2.45) is 20.5 Å². The molecule has 0 saturated heterocycles. The van der Waals surface area contributed by atoms with Crippen LogP contribution < -0.4 is 32.6 Å². The molecule has 0 unspecified atom stereocenters. The summed E-state index contributed by atoms with van der Waals surface area (Å²) in [5.74, 6) is -6.19. The lowest BCUT2D eigenvalue weighted by molar-refractivity contribution is 0.0687. The number of ether oxygens (including phenoxy) is 2. The average molecular weight is 1330 g/mol. The molecule has 90 heavy (non-hydrogen) atoms. The number of benzene rings is 6. The predicted octanol–water partition coefficient (Wildman–Crippen LogP) is 6.18. The molecule has 474 valence electrons. The summed E-state index contributed by atoms with van der Waals surface area (Å²) in [5, 5.41) is 66.3. The second-order valence-corrected chi connectivity index (χ2v) is 24.2. The minimum atomic E-state index is -5.27. The van der Waals surface area contributed by atoms with E-state index in [4.69, 9.17) is 9.47 Å². The number of rotatable bonds is 29. The molecule has 40 heteroatoms. The van der Waals surface area contributed by atoms with Gasteiger partial charge < -0.3 is 51.2 Å². The molecule has 6 aromatic carbocycles. The number of carboxylic acids is 2. The maximum absolute atomic E-state index is 12.6. The Kier molecular flexibility index (Phi) is 20.2. The Morgan fingerprint density at radius 2 is 0.856 bits per heavy atom. The van der Waals surface area contributed by atoms with Gasteiger partial charge in [-0.1, -0.05) is 24.3 Å². The summed E-state index contributed by atoms with van der Waals surface area (Å²) in [6.07, 6.45) is 1.93. The number of nitrogens with zero attached hydrogens (tertiary/aromatic N) is 8. The molecule has 0 atom stereocenters. The van der Waals surface area contributed by atoms with E-state index < -0.39 is 151 Å². The van der Waals surface area contributed by atoms with Gasteiger partial charge in [-0.3, -0.25) is 28.2 Å². The van der Waals surface area contributed by atoms with E-state index in [2.05, 4.69) is 71.6 Å². The van der Waals surface area contributed by atoms with Gasteiger partial charge in [-0.25, -0.2) is 19.2 Å². The summed E-state index contributed by atoms with van der Waals surface area (Å²) < 4.78 is 151. The number of phenols is 2. The van der Waals surface area contributed by atoms with Crippen LogP contribution in [-0.2, 0) is 49.9 Å². The molecule has 36 nitrogen and oxygen atoms in total. The Labute approximate surface area is 505 Å². The lowest BCUT2D eigenvalue weighted by Crippen LogP contribution is -2.19. The van der Waals surface area contributed by atoms with Crippen LogP contribution in [0.1, 0.15) is 46.4 Å². The van der Waals surface area contributed by atoms with E-state index in [0.29, 0.717) is 51.0 Å². The number of hydrogen-bond acceptors (Lipinski definition) is 28. The van der Waals surface area contributed by atoms with Gasteiger partial charge in [0.25, 0.3) is 40.5 Å². The van der Waals surface area contributed by atoms with Crippen LogP contribution in [0.15, 0.2) is 135 Å². The number of H-pyrrole nitrogens is 2. The summed E-state index contributed by atoms with van der Waals surface area (Å²) in [6, 6.07) is 14.8. The summed E-state index contributed by atoms with van der Waals surface area (Å²) in [5.41, 5.74) is -5.87. The van der Waals surface area contributed by atoms with E-state index in [0.717, 1.165) is 24.3 Å². The quantitative estimate of drug-likeness (QED) is 0.0141. The molecule has 2 heterocycles. The molecule has 0 aliphatic carbocycles. The molecule has 8 aromatic rings. The Bertz CT molecular complexity index is 4500. The Hall–Kier alpha value is -10.0. The van der Waals surface area contributed by atoms with Crippen LogP contribution in [-0.4, -0.2) is 154 Å². The van der Waals surface area contributed by atoms with Crippen molar-refractivity contribution < 1.29 is 91.4 Å². The Morgan fingerprint density at radius 1 is 0.489 bits per heavy atom. The molecule has 0 spiro atoms. The molecule has 0 aliphatic rings. The summed E-state index contributed by atoms with van der Waals surface area (Å²) in [4.78, 5) is 65.3. The number of hydrogen-bond donors (Lipinski definition) is 14. The van der Waals surface area contributed by atoms with Gasteiger partial charge in [-0.15, -0.1) is 20.5 Å². The number of carboxylic acid groups (broad SMARTS) is 2. The molecular weight excluding hydrogens is 1280 g/mol. The zero-order valence-corrected chi connectivity index (χ0v) is 48.9. The molecule has 0 radical (unpaired) electrons. The second kappa shape index (κ2) is 27.6. The minimum absolute atomic E-state index is 0.167. The first-order valence-electron chi connectivity index (χ1n) is 25.7. The predicted molar refractivity (Wildman–Crippen MR) is 315 cm³/mol. The Balaban J connectivity index is 0.819. The number of nitrogens with one attached hydrogen (secondary N) is 6. The fourth-order valence-corrected chi connectivity index (χ4v) is 10.8. The molecular formula is C50H48N14O22S4. The van der Waals surface area contributed by atoms with Crippen LogP contribution >= 0.6 is 0 Å². The number of phenolic OH excluding ortho intramolecular Hbond substituents is 2. The highest BCUT2D eigenvalue weighted by Crippen LogP contribution is 2.47. The zero-order valence-electron chi connectivity index (χ0n) is 45.7. The van der Waals surface area contributed by atoms with Gasteiger partial charge in [0.15, 0.2) is 11.5 Å². The van der Waals surface area contributed by atoms with Crippen molar-refractivity contribution in [1.29, 1.82) is 0 Å². The molecule has 0 saturated carbocycles. The molecule has 0 aliphatic heterocycles. The summed E-state index contributed by atoms with van der Waals surface area (Å²) in [6.45, 7) is 1.49. The largest absolute Gasteiger partial charge is 0.505 e. The van der Waals surface area contributed by atoms with Crippen LogP contribution in [0, 0.1) is 0 Å². The van der Waals surface area contributed by atoms with Gasteiger partial charge in [-0.2, -0.15) is 53.6 Å². The third kappa shape index (κ3) is 16.6. The van der Waals surface area contributed by atoms with E-state index in [1.165, 1.54) is 48.5 Å². The highest BCUT2D eigenvalue weighted by atomic mass is 32.2. The first-order chi connectivity index (χ1) is 42.5. The third-order valence-corrected chi connectivity index (χ3v) is 15.7. The normalized spacial score (nSPS) is 12.3. The number of aromatic nitrogens is 6. The van der Waals surface area contributed by atoms with E-state index in [9.17, 15) is 91.5 Å². The van der Waals surface area contributed by atoms with E-state index in [1.807, 2.05) is 0 Å². The number of unbranched alkanes of at least 4 members (excludes halogenated alkanes) is 1. The first kappa shape index (κ1) is 65.9. The van der Waals surface area contributed by atoms with E-state index in [-0.39, 0.29) is 60.7 Å². The van der Waals surface area contributed by atoms with Crippen LogP contribution in [0.3, 0.4) is 0 Å². The maximum atomic E-state index is 12.6. The molecule has 0 fully saturated rings. The number of carbonyl (C=O) groups is 2. The van der Waals surface area contributed by atoms with Gasteiger partial charge in [0.2, 0.25) is 23.8 Å². The topological polar surface area (TPSA) is 566 Å². The number of aromatic carboxylic acids is 2. The smallest absolute Gasteiger partial charge is 0.351 e. The summed E-state index contributed by atoms with van der Waals surface area (Å²) in [7, 11) is -20.6. The van der Waals surface area contributed by atoms with Crippen molar-refractivity contribution in [3.8, 4) is 11.5 Å². The number of fused-ring (bicyclic) bond motifs is 2. The first-order valence-corrected chi connectivity index (χ1v) is 31.4. The highest BCUT2D eigenvalue weighted by molar-refractivity contribution is 7.86. The minimum Gasteiger partial charge on any atom is -0.505 e. The number of azo groups is 2. The molecule has 14 N–H and O–H groups in total. The van der Waals surface area contributed by atoms with Crippen LogP contribution in [0.5, 0.6) is 11.5 Å². The third-order valence-electron chi connectivity index (χ3n) is 12.3. The lowest BCUT2D eigenvalue weighted by atomic mass is 10.1. The fourth-order valence-electron chi connectivity index (χ4n) is 8.35.